The van der Waals surface area contributed by atoms with Gasteiger partial charge in [0.1, 0.15) is 0 Å². The van der Waals surface area contributed by atoms with E-state index in [9.17, 15) is 0 Å². The quantitative estimate of drug-likeness (QED) is 0.821. The third-order valence-corrected chi connectivity index (χ3v) is 4.85. The Morgan fingerprint density at radius 1 is 1.08 bits per heavy atom. The van der Waals surface area contributed by atoms with Crippen molar-refractivity contribution in [2.45, 2.75) is 18.9 Å². The van der Waals surface area contributed by atoms with E-state index in [1.54, 1.807) is 0 Å². The first-order valence-electron chi connectivity index (χ1n) is 8.39. The molecule has 0 saturated carbocycles. The van der Waals surface area contributed by atoms with E-state index in [0.29, 0.717) is 5.89 Å². The van der Waals surface area contributed by atoms with Gasteiger partial charge in [0.25, 0.3) is 5.89 Å². The summed E-state index contributed by atoms with van der Waals surface area (Å²) in [5.74, 6) is 1.39. The van der Waals surface area contributed by atoms with Crippen LogP contribution in [0.25, 0.3) is 11.5 Å². The van der Waals surface area contributed by atoms with E-state index in [1.807, 2.05) is 0 Å². The van der Waals surface area contributed by atoms with Crippen LogP contribution in [0.4, 0.5) is 0 Å². The maximum absolute atomic E-state index is 5.54. The molecule has 0 amide bonds. The van der Waals surface area contributed by atoms with E-state index in [-0.39, 0.29) is 30.9 Å². The van der Waals surface area contributed by atoms with Crippen molar-refractivity contribution in [1.29, 1.82) is 0 Å². The van der Waals surface area contributed by atoms with Crippen LogP contribution >= 0.6 is 24.8 Å². The Kier molecular flexibility index (Phi) is 7.22. The lowest BCUT2D eigenvalue weighted by atomic mass is 10.00. The van der Waals surface area contributed by atoms with Gasteiger partial charge >= 0.3 is 0 Å². The monoisotopic (exact) mass is 385 g/mol. The zero-order chi connectivity index (χ0) is 15.6. The Balaban J connectivity index is 0.00000113. The lowest BCUT2D eigenvalue weighted by molar-refractivity contribution is 0.190. The topological polar surface area (TPSA) is 66.2 Å². The van der Waals surface area contributed by atoms with Gasteiger partial charge in [-0.05, 0) is 56.2 Å². The molecule has 138 valence electrons. The SMILES string of the molecule is CN1CCNCC1c1noc(-c2ccc3c(c2)CCNCC3)n1.Cl.Cl. The summed E-state index contributed by atoms with van der Waals surface area (Å²) in [4.78, 5) is 6.92. The van der Waals surface area contributed by atoms with Crippen LogP contribution in [0.5, 0.6) is 0 Å². The fraction of sp³-hybridized carbons (Fsp3) is 0.529. The molecule has 3 heterocycles. The number of rotatable bonds is 2. The molecule has 2 aromatic rings. The van der Waals surface area contributed by atoms with Gasteiger partial charge in [-0.25, -0.2) is 0 Å². The highest BCUT2D eigenvalue weighted by Gasteiger charge is 2.25. The van der Waals surface area contributed by atoms with E-state index in [1.165, 1.54) is 11.1 Å². The van der Waals surface area contributed by atoms with Gasteiger partial charge in [0.05, 0.1) is 6.04 Å². The van der Waals surface area contributed by atoms with Crippen LogP contribution in [0.3, 0.4) is 0 Å². The number of piperazine rings is 1. The summed E-state index contributed by atoms with van der Waals surface area (Å²) in [6.45, 7) is 4.96. The number of halogens is 2. The minimum atomic E-state index is 0. The minimum absolute atomic E-state index is 0. The molecule has 0 bridgehead atoms. The lowest BCUT2D eigenvalue weighted by Gasteiger charge is -2.30. The molecule has 0 spiro atoms. The largest absolute Gasteiger partial charge is 0.334 e. The van der Waals surface area contributed by atoms with Crippen molar-refractivity contribution in [1.82, 2.24) is 25.7 Å². The van der Waals surface area contributed by atoms with Crippen molar-refractivity contribution >= 4 is 24.8 Å². The summed E-state index contributed by atoms with van der Waals surface area (Å²) in [6.07, 6.45) is 2.14. The number of hydrogen-bond acceptors (Lipinski definition) is 6. The second-order valence-electron chi connectivity index (χ2n) is 6.39. The summed E-state index contributed by atoms with van der Waals surface area (Å²) < 4.78 is 5.54. The molecular weight excluding hydrogens is 361 g/mol. The minimum Gasteiger partial charge on any atom is -0.334 e. The highest BCUT2D eigenvalue weighted by atomic mass is 35.5. The number of likely N-dealkylation sites (N-methyl/N-ethyl adjacent to an activating group) is 1. The number of nitrogens with zero attached hydrogens (tertiary/aromatic N) is 3. The predicted molar refractivity (Wildman–Crippen MR) is 103 cm³/mol. The van der Waals surface area contributed by atoms with Crippen molar-refractivity contribution < 1.29 is 4.52 Å². The fourth-order valence-electron chi connectivity index (χ4n) is 3.39. The Labute approximate surface area is 160 Å². The molecule has 1 aromatic carbocycles. The average molecular weight is 386 g/mol. The Hall–Kier alpha value is -1.18. The highest BCUT2D eigenvalue weighted by molar-refractivity contribution is 5.85. The van der Waals surface area contributed by atoms with Gasteiger partial charge in [0, 0.05) is 25.2 Å². The predicted octanol–water partition coefficient (Wildman–Crippen LogP) is 1.84. The lowest BCUT2D eigenvalue weighted by Crippen LogP contribution is -2.44. The number of hydrogen-bond donors (Lipinski definition) is 2. The van der Waals surface area contributed by atoms with Crippen LogP contribution in [0.15, 0.2) is 22.7 Å². The third-order valence-electron chi connectivity index (χ3n) is 4.85. The molecule has 2 N–H and O–H groups in total. The maximum Gasteiger partial charge on any atom is 0.257 e. The van der Waals surface area contributed by atoms with Crippen molar-refractivity contribution in [3.8, 4) is 11.5 Å². The van der Waals surface area contributed by atoms with Gasteiger partial charge in [-0.1, -0.05) is 11.2 Å². The average Bonchev–Trinajstić information content (AvgIpc) is 2.94. The van der Waals surface area contributed by atoms with Gasteiger partial charge in [-0.15, -0.1) is 24.8 Å². The number of fused-ring (bicyclic) bond motifs is 1. The number of nitrogens with one attached hydrogen (secondary N) is 2. The van der Waals surface area contributed by atoms with Crippen LogP contribution in [0.2, 0.25) is 0 Å². The number of benzene rings is 1. The van der Waals surface area contributed by atoms with Gasteiger partial charge in [-0.3, -0.25) is 4.90 Å². The van der Waals surface area contributed by atoms with E-state index >= 15 is 0 Å². The maximum atomic E-state index is 5.54. The molecule has 0 radical (unpaired) electrons. The second kappa shape index (κ2) is 8.96. The second-order valence-corrected chi connectivity index (χ2v) is 6.39. The van der Waals surface area contributed by atoms with Gasteiger partial charge in [0.15, 0.2) is 5.82 Å². The molecule has 1 atom stereocenters. The van der Waals surface area contributed by atoms with Crippen LogP contribution in [0.1, 0.15) is 23.0 Å². The normalized spacial score (nSPS) is 20.8. The number of aromatic nitrogens is 2. The standard InChI is InChI=1S/C17H23N5O.2ClH/c1-22-9-8-19-11-15(22)16-20-17(23-21-16)14-3-2-12-4-6-18-7-5-13(12)10-14;;/h2-3,10,15,18-19H,4-9,11H2,1H3;2*1H. The molecule has 2 aliphatic rings. The molecule has 0 aliphatic carbocycles. The van der Waals surface area contributed by atoms with E-state index in [4.69, 9.17) is 4.52 Å². The van der Waals surface area contributed by atoms with Gasteiger partial charge in [0.2, 0.25) is 0 Å². The summed E-state index contributed by atoms with van der Waals surface area (Å²) in [7, 11) is 2.11. The van der Waals surface area contributed by atoms with Crippen molar-refractivity contribution in [3.63, 3.8) is 0 Å². The summed E-state index contributed by atoms with van der Waals surface area (Å²) in [6, 6.07) is 6.70. The first kappa shape index (κ1) is 20.1. The zero-order valence-electron chi connectivity index (χ0n) is 14.3. The molecular formula is C17H25Cl2N5O. The van der Waals surface area contributed by atoms with Crippen LogP contribution < -0.4 is 10.6 Å². The van der Waals surface area contributed by atoms with Gasteiger partial charge < -0.3 is 15.2 Å². The van der Waals surface area contributed by atoms with Crippen molar-refractivity contribution in [2.24, 2.45) is 0 Å². The summed E-state index contributed by atoms with van der Waals surface area (Å²) >= 11 is 0. The fourth-order valence-corrected chi connectivity index (χ4v) is 3.39. The molecule has 4 rings (SSSR count). The smallest absolute Gasteiger partial charge is 0.257 e. The third kappa shape index (κ3) is 4.33. The summed E-state index contributed by atoms with van der Waals surface area (Å²) in [5.41, 5.74) is 3.84. The summed E-state index contributed by atoms with van der Waals surface area (Å²) in [5, 5.41) is 11.0. The van der Waals surface area contributed by atoms with Crippen molar-refractivity contribution in [2.75, 3.05) is 39.8 Å². The highest BCUT2D eigenvalue weighted by Crippen LogP contribution is 2.25. The van der Waals surface area contributed by atoms with E-state index < -0.39 is 0 Å². The van der Waals surface area contributed by atoms with Crippen molar-refractivity contribution in [3.05, 3.63) is 35.2 Å². The van der Waals surface area contributed by atoms with Crippen LogP contribution in [0, 0.1) is 0 Å². The van der Waals surface area contributed by atoms with Crippen LogP contribution in [-0.4, -0.2) is 54.8 Å². The molecule has 1 aromatic heterocycles. The van der Waals surface area contributed by atoms with E-state index in [0.717, 1.165) is 57.0 Å². The Bertz CT molecular complexity index is 693. The van der Waals surface area contributed by atoms with E-state index in [2.05, 4.69) is 50.9 Å². The molecule has 1 saturated heterocycles. The molecule has 1 fully saturated rings. The first-order valence-corrected chi connectivity index (χ1v) is 8.39. The molecule has 2 aliphatic heterocycles. The first-order chi connectivity index (χ1) is 11.3. The molecule has 25 heavy (non-hydrogen) atoms. The Morgan fingerprint density at radius 3 is 2.68 bits per heavy atom. The molecule has 6 nitrogen and oxygen atoms in total. The van der Waals surface area contributed by atoms with Crippen LogP contribution in [-0.2, 0) is 12.8 Å². The molecule has 8 heteroatoms. The van der Waals surface area contributed by atoms with Gasteiger partial charge in [-0.2, -0.15) is 4.98 Å². The zero-order valence-corrected chi connectivity index (χ0v) is 16.0. The Morgan fingerprint density at radius 2 is 1.88 bits per heavy atom. The molecule has 1 unspecified atom stereocenters.